The molecule has 0 fully saturated rings. The van der Waals surface area contributed by atoms with Crippen molar-refractivity contribution in [1.82, 2.24) is 4.98 Å². The molecule has 2 aromatic rings. The Bertz CT molecular complexity index is 595. The van der Waals surface area contributed by atoms with E-state index in [2.05, 4.69) is 10.3 Å². The molecule has 2 rings (SSSR count). The predicted octanol–water partition coefficient (Wildman–Crippen LogP) is 1.63. The van der Waals surface area contributed by atoms with Gasteiger partial charge in [-0.2, -0.15) is 0 Å². The fraction of sp³-hybridized carbons (Fsp3) is 0. The van der Waals surface area contributed by atoms with Crippen molar-refractivity contribution < 1.29 is 14.0 Å². The van der Waals surface area contributed by atoms with Gasteiger partial charge in [0.2, 0.25) is 0 Å². The maximum atomic E-state index is 12.7. The van der Waals surface area contributed by atoms with Gasteiger partial charge in [0.25, 0.3) is 11.8 Å². The molecule has 0 bridgehead atoms. The lowest BCUT2D eigenvalue weighted by Gasteiger charge is -2.00. The van der Waals surface area contributed by atoms with Crippen LogP contribution in [0.25, 0.3) is 0 Å². The molecule has 0 radical (unpaired) electrons. The zero-order valence-corrected chi connectivity index (χ0v) is 9.83. The first kappa shape index (κ1) is 12.2. The van der Waals surface area contributed by atoms with Crippen LogP contribution in [0.2, 0.25) is 0 Å². The van der Waals surface area contributed by atoms with Crippen LogP contribution < -0.4 is 11.1 Å². The minimum absolute atomic E-state index is 0.254. The number of halogens is 1. The number of nitrogens with one attached hydrogen (secondary N) is 1. The summed E-state index contributed by atoms with van der Waals surface area (Å²) in [6.07, 6.45) is 1.28. The molecule has 1 heterocycles. The lowest BCUT2D eigenvalue weighted by atomic mass is 10.2. The third-order valence-corrected chi connectivity index (χ3v) is 3.00. The number of rotatable bonds is 3. The zero-order chi connectivity index (χ0) is 13.1. The number of carbonyl (C=O) groups is 2. The summed E-state index contributed by atoms with van der Waals surface area (Å²) in [5.41, 5.74) is 5.36. The van der Waals surface area contributed by atoms with E-state index in [9.17, 15) is 14.0 Å². The van der Waals surface area contributed by atoms with Gasteiger partial charge in [0.1, 0.15) is 10.7 Å². The summed E-state index contributed by atoms with van der Waals surface area (Å²) in [5.74, 6) is -1.45. The van der Waals surface area contributed by atoms with Gasteiger partial charge >= 0.3 is 0 Å². The van der Waals surface area contributed by atoms with Gasteiger partial charge in [0.05, 0.1) is 6.20 Å². The molecule has 0 aliphatic heterocycles. The summed E-state index contributed by atoms with van der Waals surface area (Å²) in [4.78, 5) is 26.7. The molecule has 1 aromatic carbocycles. The molecule has 0 saturated carbocycles. The van der Waals surface area contributed by atoms with Crippen molar-refractivity contribution >= 4 is 28.3 Å². The van der Waals surface area contributed by atoms with Gasteiger partial charge in [-0.05, 0) is 24.3 Å². The normalized spacial score (nSPS) is 10.1. The number of hydrogen-bond donors (Lipinski definition) is 2. The number of anilines is 1. The topological polar surface area (TPSA) is 85.1 Å². The molecule has 0 unspecified atom stereocenters. The quantitative estimate of drug-likeness (QED) is 0.884. The van der Waals surface area contributed by atoms with Crippen LogP contribution in [0.1, 0.15) is 20.0 Å². The number of nitrogens with zero attached hydrogens (tertiary/aromatic N) is 1. The smallest absolute Gasteiger partial charge is 0.260 e. The summed E-state index contributed by atoms with van der Waals surface area (Å²) in [7, 11) is 0. The van der Waals surface area contributed by atoms with E-state index in [4.69, 9.17) is 5.73 Å². The van der Waals surface area contributed by atoms with Crippen LogP contribution in [0, 0.1) is 5.82 Å². The van der Waals surface area contributed by atoms with Crippen LogP contribution in [0.5, 0.6) is 0 Å². The number of primary amides is 1. The van der Waals surface area contributed by atoms with E-state index in [0.29, 0.717) is 5.56 Å². The second-order valence-electron chi connectivity index (χ2n) is 3.35. The first-order valence-electron chi connectivity index (χ1n) is 4.89. The van der Waals surface area contributed by atoms with Crippen molar-refractivity contribution in [3.63, 3.8) is 0 Å². The van der Waals surface area contributed by atoms with Gasteiger partial charge in [-0.3, -0.25) is 14.9 Å². The number of nitrogens with two attached hydrogens (primary N) is 1. The second kappa shape index (κ2) is 4.92. The number of amides is 2. The fourth-order valence-corrected chi connectivity index (χ4v) is 1.88. The monoisotopic (exact) mass is 265 g/mol. The van der Waals surface area contributed by atoms with Crippen LogP contribution in [0.4, 0.5) is 9.52 Å². The highest BCUT2D eigenvalue weighted by atomic mass is 32.1. The van der Waals surface area contributed by atoms with E-state index >= 15 is 0 Å². The first-order chi connectivity index (χ1) is 8.56. The Kier molecular flexibility index (Phi) is 3.33. The van der Waals surface area contributed by atoms with Crippen LogP contribution in [-0.2, 0) is 0 Å². The van der Waals surface area contributed by atoms with Gasteiger partial charge in [-0.25, -0.2) is 9.37 Å². The van der Waals surface area contributed by atoms with E-state index in [1.165, 1.54) is 30.5 Å². The van der Waals surface area contributed by atoms with E-state index < -0.39 is 17.6 Å². The molecular formula is C11H8FN3O2S. The molecule has 5 nitrogen and oxygen atoms in total. The predicted molar refractivity (Wildman–Crippen MR) is 65.0 cm³/mol. The van der Waals surface area contributed by atoms with E-state index in [0.717, 1.165) is 11.3 Å². The molecule has 1 aromatic heterocycles. The summed E-state index contributed by atoms with van der Waals surface area (Å²) in [6, 6.07) is 5.08. The average molecular weight is 265 g/mol. The highest BCUT2D eigenvalue weighted by Crippen LogP contribution is 2.18. The summed E-state index contributed by atoms with van der Waals surface area (Å²) in [6.45, 7) is 0. The Morgan fingerprint density at radius 1 is 1.28 bits per heavy atom. The molecule has 0 spiro atoms. The second-order valence-corrected chi connectivity index (χ2v) is 4.39. The van der Waals surface area contributed by atoms with Crippen molar-refractivity contribution in [3.05, 3.63) is 46.7 Å². The molecule has 0 aliphatic rings. The van der Waals surface area contributed by atoms with Gasteiger partial charge in [0.15, 0.2) is 5.13 Å². The molecule has 18 heavy (non-hydrogen) atoms. The van der Waals surface area contributed by atoms with Crippen LogP contribution in [0.3, 0.4) is 0 Å². The standard InChI is InChI=1S/C11H8FN3O2S/c12-7-3-1-6(2-4-7)10(17)15-11-14-5-8(18-11)9(13)16/h1-5H,(H2,13,16)(H,14,15,17). The van der Waals surface area contributed by atoms with Crippen molar-refractivity contribution in [3.8, 4) is 0 Å². The van der Waals surface area contributed by atoms with Gasteiger partial charge in [0, 0.05) is 5.56 Å². The highest BCUT2D eigenvalue weighted by molar-refractivity contribution is 7.17. The summed E-state index contributed by atoms with van der Waals surface area (Å²) < 4.78 is 12.7. The fourth-order valence-electron chi connectivity index (χ4n) is 1.22. The van der Waals surface area contributed by atoms with E-state index in [-0.39, 0.29) is 10.0 Å². The average Bonchev–Trinajstić information content (AvgIpc) is 2.78. The Morgan fingerprint density at radius 3 is 2.50 bits per heavy atom. The van der Waals surface area contributed by atoms with E-state index in [1.807, 2.05) is 0 Å². The lowest BCUT2D eigenvalue weighted by Crippen LogP contribution is -2.11. The number of hydrogen-bond acceptors (Lipinski definition) is 4. The Labute approximate surface area is 105 Å². The Morgan fingerprint density at radius 2 is 1.94 bits per heavy atom. The molecule has 7 heteroatoms. The number of aromatic nitrogens is 1. The maximum Gasteiger partial charge on any atom is 0.260 e. The molecular weight excluding hydrogens is 257 g/mol. The van der Waals surface area contributed by atoms with Gasteiger partial charge < -0.3 is 5.73 Å². The van der Waals surface area contributed by atoms with Crippen molar-refractivity contribution in [2.45, 2.75) is 0 Å². The molecule has 0 aliphatic carbocycles. The maximum absolute atomic E-state index is 12.7. The Hall–Kier alpha value is -2.28. The number of benzene rings is 1. The van der Waals surface area contributed by atoms with Gasteiger partial charge in [-0.1, -0.05) is 11.3 Å². The van der Waals surface area contributed by atoms with Crippen LogP contribution in [-0.4, -0.2) is 16.8 Å². The molecule has 0 saturated heterocycles. The van der Waals surface area contributed by atoms with Crippen LogP contribution >= 0.6 is 11.3 Å². The molecule has 0 atom stereocenters. The molecule has 92 valence electrons. The van der Waals surface area contributed by atoms with Crippen molar-refractivity contribution in [1.29, 1.82) is 0 Å². The first-order valence-corrected chi connectivity index (χ1v) is 5.70. The SMILES string of the molecule is NC(=O)c1cnc(NC(=O)c2ccc(F)cc2)s1. The zero-order valence-electron chi connectivity index (χ0n) is 9.01. The number of carbonyl (C=O) groups excluding carboxylic acids is 2. The van der Waals surface area contributed by atoms with Crippen molar-refractivity contribution in [2.24, 2.45) is 5.73 Å². The third kappa shape index (κ3) is 2.69. The molecule has 3 N–H and O–H groups in total. The largest absolute Gasteiger partial charge is 0.365 e. The van der Waals surface area contributed by atoms with Crippen LogP contribution in [0.15, 0.2) is 30.5 Å². The lowest BCUT2D eigenvalue weighted by molar-refractivity contribution is 0.100. The minimum atomic E-state index is -0.602. The van der Waals surface area contributed by atoms with E-state index in [1.54, 1.807) is 0 Å². The number of thiazole rings is 1. The third-order valence-electron chi connectivity index (χ3n) is 2.08. The highest BCUT2D eigenvalue weighted by Gasteiger charge is 2.11. The summed E-state index contributed by atoms with van der Waals surface area (Å²) >= 11 is 0.975. The minimum Gasteiger partial charge on any atom is -0.365 e. The van der Waals surface area contributed by atoms with Gasteiger partial charge in [-0.15, -0.1) is 0 Å². The Balaban J connectivity index is 2.11. The molecule has 2 amide bonds. The summed E-state index contributed by atoms with van der Waals surface area (Å²) in [5, 5.41) is 2.75. The van der Waals surface area contributed by atoms with Crippen molar-refractivity contribution in [2.75, 3.05) is 5.32 Å².